The van der Waals surface area contributed by atoms with Crippen LogP contribution in [0.4, 0.5) is 0 Å². The highest BCUT2D eigenvalue weighted by Crippen LogP contribution is 2.56. The first kappa shape index (κ1) is 26.2. The molecule has 3 atom stereocenters. The predicted molar refractivity (Wildman–Crippen MR) is 141 cm³/mol. The van der Waals surface area contributed by atoms with Crippen molar-refractivity contribution in [2.45, 2.75) is 116 Å². The standard InChI is InChI=1S/C29H46O3Si/c1-9-10-11-12-13-14-21-18-25-27(26(19-21)32-33(7,8)28(2,3)4)23-17-22(20-30)15-16-24(23)29(5,6)31-25/h18-19,22-24,30H,9-12,15-17,20H2,1-8H3/t22-,23-,24-/m1/s1. The molecule has 0 bridgehead atoms. The van der Waals surface area contributed by atoms with Crippen molar-refractivity contribution in [2.24, 2.45) is 11.8 Å². The molecule has 0 radical (unpaired) electrons. The Hall–Kier alpha value is -1.44. The van der Waals surface area contributed by atoms with E-state index < -0.39 is 8.32 Å². The summed E-state index contributed by atoms with van der Waals surface area (Å²) in [7, 11) is -2.05. The highest BCUT2D eigenvalue weighted by molar-refractivity contribution is 6.74. The Kier molecular flexibility index (Phi) is 7.96. The first-order chi connectivity index (χ1) is 15.4. The lowest BCUT2D eigenvalue weighted by molar-refractivity contribution is -0.0207. The van der Waals surface area contributed by atoms with E-state index in [2.05, 4.69) is 78.6 Å². The highest BCUT2D eigenvalue weighted by Gasteiger charge is 2.49. The third-order valence-electron chi connectivity index (χ3n) is 8.27. The molecule has 1 fully saturated rings. The molecule has 0 spiro atoms. The number of fused-ring (bicyclic) bond motifs is 3. The van der Waals surface area contributed by atoms with Crippen molar-refractivity contribution in [2.75, 3.05) is 6.61 Å². The Morgan fingerprint density at radius 1 is 1.18 bits per heavy atom. The Balaban J connectivity index is 2.08. The number of aliphatic hydroxyl groups excluding tert-OH is 1. The molecule has 3 rings (SSSR count). The summed E-state index contributed by atoms with van der Waals surface area (Å²) < 4.78 is 13.7. The molecule has 1 N–H and O–H groups in total. The van der Waals surface area contributed by atoms with Gasteiger partial charge in [-0.05, 0) is 81.6 Å². The summed E-state index contributed by atoms with van der Waals surface area (Å²) in [4.78, 5) is 0. The van der Waals surface area contributed by atoms with Crippen LogP contribution in [0, 0.1) is 23.7 Å². The molecule has 1 heterocycles. The molecular weight excluding hydrogens is 424 g/mol. The van der Waals surface area contributed by atoms with Crippen molar-refractivity contribution in [3.63, 3.8) is 0 Å². The lowest BCUT2D eigenvalue weighted by Gasteiger charge is -2.50. The zero-order valence-electron chi connectivity index (χ0n) is 22.3. The van der Waals surface area contributed by atoms with E-state index in [1.165, 1.54) is 18.4 Å². The molecule has 0 aromatic heterocycles. The molecule has 184 valence electrons. The maximum absolute atomic E-state index is 9.95. The lowest BCUT2D eigenvalue weighted by atomic mass is 9.64. The second kappa shape index (κ2) is 10.0. The summed E-state index contributed by atoms with van der Waals surface area (Å²) in [6.45, 7) is 18.4. The van der Waals surface area contributed by atoms with E-state index in [0.717, 1.165) is 49.2 Å². The minimum absolute atomic E-state index is 0.107. The summed E-state index contributed by atoms with van der Waals surface area (Å²) in [5.41, 5.74) is 1.97. The van der Waals surface area contributed by atoms with E-state index in [-0.39, 0.29) is 17.2 Å². The monoisotopic (exact) mass is 470 g/mol. The molecule has 0 amide bonds. The van der Waals surface area contributed by atoms with Crippen molar-refractivity contribution in [3.8, 4) is 23.3 Å². The number of ether oxygens (including phenoxy) is 1. The predicted octanol–water partition coefficient (Wildman–Crippen LogP) is 7.67. The van der Waals surface area contributed by atoms with Crippen LogP contribution in [0.25, 0.3) is 0 Å². The van der Waals surface area contributed by atoms with Crippen molar-refractivity contribution in [3.05, 3.63) is 23.3 Å². The number of benzene rings is 1. The molecule has 33 heavy (non-hydrogen) atoms. The summed E-state index contributed by atoms with van der Waals surface area (Å²) in [6, 6.07) is 4.31. The number of hydrogen-bond acceptors (Lipinski definition) is 3. The van der Waals surface area contributed by atoms with Gasteiger partial charge in [-0.1, -0.05) is 52.4 Å². The Morgan fingerprint density at radius 3 is 2.55 bits per heavy atom. The van der Waals surface area contributed by atoms with E-state index >= 15 is 0 Å². The third-order valence-corrected chi connectivity index (χ3v) is 12.6. The second-order valence-corrected chi connectivity index (χ2v) is 17.0. The minimum atomic E-state index is -2.05. The fourth-order valence-electron chi connectivity index (χ4n) is 5.20. The summed E-state index contributed by atoms with van der Waals surface area (Å²) in [5.74, 6) is 9.82. The largest absolute Gasteiger partial charge is 0.543 e. The molecule has 1 aliphatic carbocycles. The number of unbranched alkanes of at least 4 members (excludes halogenated alkanes) is 3. The van der Waals surface area contributed by atoms with E-state index in [1.54, 1.807) is 0 Å². The van der Waals surface area contributed by atoms with Gasteiger partial charge in [-0.15, -0.1) is 0 Å². The van der Waals surface area contributed by atoms with Gasteiger partial charge < -0.3 is 14.3 Å². The summed E-state index contributed by atoms with van der Waals surface area (Å²) in [6.07, 6.45) is 7.67. The van der Waals surface area contributed by atoms with Gasteiger partial charge in [0.1, 0.15) is 17.1 Å². The van der Waals surface area contributed by atoms with Gasteiger partial charge in [-0.2, -0.15) is 0 Å². The molecule has 4 heteroatoms. The van der Waals surface area contributed by atoms with Crippen LogP contribution >= 0.6 is 0 Å². The van der Waals surface area contributed by atoms with Crippen LogP contribution in [0.3, 0.4) is 0 Å². The zero-order chi connectivity index (χ0) is 24.4. The van der Waals surface area contributed by atoms with Crippen LogP contribution in [-0.2, 0) is 0 Å². The van der Waals surface area contributed by atoms with Crippen molar-refractivity contribution in [1.29, 1.82) is 0 Å². The fourth-order valence-corrected chi connectivity index (χ4v) is 6.22. The topological polar surface area (TPSA) is 38.7 Å². The normalized spacial score (nSPS) is 24.1. The molecule has 1 aromatic rings. The summed E-state index contributed by atoms with van der Waals surface area (Å²) in [5, 5.41) is 10.1. The molecule has 3 nitrogen and oxygen atoms in total. The van der Waals surface area contributed by atoms with E-state index in [1.807, 2.05) is 0 Å². The van der Waals surface area contributed by atoms with E-state index in [0.29, 0.717) is 17.8 Å². The molecule has 1 aliphatic heterocycles. The van der Waals surface area contributed by atoms with Gasteiger partial charge in [0.05, 0.1) is 0 Å². The van der Waals surface area contributed by atoms with Crippen LogP contribution in [0.1, 0.15) is 104 Å². The van der Waals surface area contributed by atoms with Crippen molar-refractivity contribution >= 4 is 8.32 Å². The average molecular weight is 471 g/mol. The van der Waals surface area contributed by atoms with E-state index in [9.17, 15) is 5.11 Å². The smallest absolute Gasteiger partial charge is 0.250 e. The summed E-state index contributed by atoms with van der Waals surface area (Å²) >= 11 is 0. The van der Waals surface area contributed by atoms with Gasteiger partial charge in [-0.25, -0.2) is 0 Å². The quantitative estimate of drug-likeness (QED) is 0.263. The van der Waals surface area contributed by atoms with Gasteiger partial charge in [0.15, 0.2) is 0 Å². The van der Waals surface area contributed by atoms with Gasteiger partial charge in [-0.3, -0.25) is 0 Å². The van der Waals surface area contributed by atoms with Gasteiger partial charge >= 0.3 is 0 Å². The Labute approximate surface area is 203 Å². The van der Waals surface area contributed by atoms with Crippen LogP contribution in [-0.4, -0.2) is 25.6 Å². The molecule has 2 aliphatic rings. The van der Waals surface area contributed by atoms with E-state index in [4.69, 9.17) is 9.16 Å². The number of hydrogen-bond donors (Lipinski definition) is 1. The molecular formula is C29H46O3Si. The maximum atomic E-state index is 9.95. The van der Waals surface area contributed by atoms with Crippen molar-refractivity contribution in [1.82, 2.24) is 0 Å². The number of rotatable bonds is 6. The maximum Gasteiger partial charge on any atom is 0.250 e. The number of aliphatic hydroxyl groups is 1. The lowest BCUT2D eigenvalue weighted by Crippen LogP contribution is -2.48. The minimum Gasteiger partial charge on any atom is -0.543 e. The highest BCUT2D eigenvalue weighted by atomic mass is 28.4. The average Bonchev–Trinajstić information content (AvgIpc) is 2.71. The first-order valence-electron chi connectivity index (χ1n) is 13.1. The third kappa shape index (κ3) is 5.80. The molecule has 1 aromatic carbocycles. The fraction of sp³-hybridized carbons (Fsp3) is 0.724. The molecule has 0 saturated heterocycles. The Bertz CT molecular complexity index is 885. The van der Waals surface area contributed by atoms with Gasteiger partial charge in [0.25, 0.3) is 0 Å². The van der Waals surface area contributed by atoms with Crippen LogP contribution < -0.4 is 9.16 Å². The zero-order valence-corrected chi connectivity index (χ0v) is 23.3. The molecule has 0 unspecified atom stereocenters. The second-order valence-electron chi connectivity index (χ2n) is 12.3. The van der Waals surface area contributed by atoms with Gasteiger partial charge in [0, 0.05) is 30.1 Å². The SMILES string of the molecule is CCCCCC#Cc1cc2c(c(O[Si](C)(C)C(C)(C)C)c1)[C@@H]1C[C@H](CO)CC[C@H]1C(C)(C)O2. The first-order valence-corrected chi connectivity index (χ1v) is 16.0. The van der Waals surface area contributed by atoms with Crippen LogP contribution in [0.2, 0.25) is 18.1 Å². The molecule has 1 saturated carbocycles. The van der Waals surface area contributed by atoms with Crippen LogP contribution in [0.15, 0.2) is 12.1 Å². The van der Waals surface area contributed by atoms with Gasteiger partial charge in [0.2, 0.25) is 8.32 Å². The Morgan fingerprint density at radius 2 is 1.91 bits per heavy atom. The van der Waals surface area contributed by atoms with Crippen LogP contribution in [0.5, 0.6) is 11.5 Å². The van der Waals surface area contributed by atoms with Crippen molar-refractivity contribution < 1.29 is 14.3 Å².